The lowest BCUT2D eigenvalue weighted by Crippen LogP contribution is -1.98. The number of methoxy groups -OCH3 is 1. The number of esters is 1. The van der Waals surface area contributed by atoms with Crippen molar-refractivity contribution in [3.63, 3.8) is 0 Å². The van der Waals surface area contributed by atoms with Gasteiger partial charge in [-0.25, -0.2) is 4.79 Å². The minimum Gasteiger partial charge on any atom is -0.496 e. The SMILES string of the molecule is CC[C@H]1OC(=O)c2c(OC)cccc21. The average molecular weight is 192 g/mol. The molecule has 0 saturated carbocycles. The summed E-state index contributed by atoms with van der Waals surface area (Å²) in [6, 6.07) is 5.57. The highest BCUT2D eigenvalue weighted by atomic mass is 16.6. The van der Waals surface area contributed by atoms with Crippen LogP contribution < -0.4 is 4.74 Å². The summed E-state index contributed by atoms with van der Waals surface area (Å²) in [6.07, 6.45) is 0.693. The largest absolute Gasteiger partial charge is 0.496 e. The fraction of sp³-hybridized carbons (Fsp3) is 0.364. The lowest BCUT2D eigenvalue weighted by Gasteiger charge is -2.06. The molecule has 1 aromatic rings. The number of cyclic esters (lactones) is 1. The lowest BCUT2D eigenvalue weighted by atomic mass is 10.0. The zero-order valence-electron chi connectivity index (χ0n) is 8.24. The van der Waals surface area contributed by atoms with Gasteiger partial charge in [0.25, 0.3) is 0 Å². The molecule has 0 N–H and O–H groups in total. The summed E-state index contributed by atoms with van der Waals surface area (Å²) in [7, 11) is 1.56. The Morgan fingerprint density at radius 3 is 2.93 bits per heavy atom. The molecule has 0 aromatic heterocycles. The first-order chi connectivity index (χ1) is 6.77. The van der Waals surface area contributed by atoms with Gasteiger partial charge in [-0.3, -0.25) is 0 Å². The van der Waals surface area contributed by atoms with E-state index in [0.717, 1.165) is 12.0 Å². The quantitative estimate of drug-likeness (QED) is 0.674. The highest BCUT2D eigenvalue weighted by Crippen LogP contribution is 2.37. The molecule has 74 valence electrons. The summed E-state index contributed by atoms with van der Waals surface area (Å²) in [5.74, 6) is 0.327. The van der Waals surface area contributed by atoms with Gasteiger partial charge in [0, 0.05) is 5.56 Å². The van der Waals surface area contributed by atoms with Gasteiger partial charge < -0.3 is 9.47 Å². The molecule has 0 saturated heterocycles. The van der Waals surface area contributed by atoms with Crippen LogP contribution in [0.3, 0.4) is 0 Å². The van der Waals surface area contributed by atoms with Crippen molar-refractivity contribution in [1.29, 1.82) is 0 Å². The molecule has 0 spiro atoms. The second-order valence-electron chi connectivity index (χ2n) is 3.23. The van der Waals surface area contributed by atoms with E-state index in [2.05, 4.69) is 0 Å². The fourth-order valence-corrected chi connectivity index (χ4v) is 1.76. The Labute approximate surface area is 82.6 Å². The molecule has 1 aliphatic heterocycles. The average Bonchev–Trinajstić information content (AvgIpc) is 2.55. The number of carbonyl (C=O) groups excluding carboxylic acids is 1. The van der Waals surface area contributed by atoms with E-state index in [1.54, 1.807) is 13.2 Å². The minimum absolute atomic E-state index is 0.104. The monoisotopic (exact) mass is 192 g/mol. The molecule has 0 aliphatic carbocycles. The second-order valence-corrected chi connectivity index (χ2v) is 3.23. The van der Waals surface area contributed by atoms with E-state index < -0.39 is 0 Å². The number of ether oxygens (including phenoxy) is 2. The molecule has 1 atom stereocenters. The fourth-order valence-electron chi connectivity index (χ4n) is 1.76. The number of carbonyl (C=O) groups is 1. The van der Waals surface area contributed by atoms with Crippen LogP contribution in [-0.2, 0) is 4.74 Å². The summed E-state index contributed by atoms with van der Waals surface area (Å²) >= 11 is 0. The van der Waals surface area contributed by atoms with Crippen LogP contribution in [0.1, 0.15) is 35.4 Å². The Balaban J connectivity index is 2.55. The topological polar surface area (TPSA) is 35.5 Å². The van der Waals surface area contributed by atoms with Crippen LogP contribution in [0.2, 0.25) is 0 Å². The highest BCUT2D eigenvalue weighted by Gasteiger charge is 2.32. The van der Waals surface area contributed by atoms with Crippen LogP contribution in [0.15, 0.2) is 18.2 Å². The van der Waals surface area contributed by atoms with Crippen molar-refractivity contribution >= 4 is 5.97 Å². The van der Waals surface area contributed by atoms with E-state index in [0.29, 0.717) is 11.3 Å². The molecule has 0 radical (unpaired) electrons. The first-order valence-electron chi connectivity index (χ1n) is 4.65. The van der Waals surface area contributed by atoms with Crippen LogP contribution in [0.4, 0.5) is 0 Å². The second kappa shape index (κ2) is 3.33. The van der Waals surface area contributed by atoms with Gasteiger partial charge in [-0.05, 0) is 12.5 Å². The zero-order chi connectivity index (χ0) is 10.1. The van der Waals surface area contributed by atoms with Crippen molar-refractivity contribution < 1.29 is 14.3 Å². The van der Waals surface area contributed by atoms with E-state index >= 15 is 0 Å². The molecule has 2 rings (SSSR count). The molecule has 3 heteroatoms. The smallest absolute Gasteiger partial charge is 0.342 e. The predicted octanol–water partition coefficient (Wildman–Crippen LogP) is 2.32. The summed E-state index contributed by atoms with van der Waals surface area (Å²) in [5.41, 5.74) is 1.53. The number of rotatable bonds is 2. The summed E-state index contributed by atoms with van der Waals surface area (Å²) in [6.45, 7) is 1.99. The van der Waals surface area contributed by atoms with Crippen LogP contribution in [0, 0.1) is 0 Å². The summed E-state index contributed by atoms with van der Waals surface area (Å²) in [4.78, 5) is 11.5. The van der Waals surface area contributed by atoms with Gasteiger partial charge >= 0.3 is 5.97 Å². The van der Waals surface area contributed by atoms with Crippen molar-refractivity contribution in [1.82, 2.24) is 0 Å². The van der Waals surface area contributed by atoms with Crippen molar-refractivity contribution in [2.75, 3.05) is 7.11 Å². The standard InChI is InChI=1S/C11H12O3/c1-3-8-7-5-4-6-9(13-2)10(7)11(12)14-8/h4-6,8H,3H2,1-2H3/t8-/m1/s1. The molecular formula is C11H12O3. The molecule has 0 unspecified atom stereocenters. The zero-order valence-corrected chi connectivity index (χ0v) is 8.24. The van der Waals surface area contributed by atoms with Crippen molar-refractivity contribution in [2.45, 2.75) is 19.4 Å². The van der Waals surface area contributed by atoms with Gasteiger partial charge in [-0.2, -0.15) is 0 Å². The molecule has 1 aromatic carbocycles. The molecule has 14 heavy (non-hydrogen) atoms. The van der Waals surface area contributed by atoms with Gasteiger partial charge in [-0.15, -0.1) is 0 Å². The molecular weight excluding hydrogens is 180 g/mol. The van der Waals surface area contributed by atoms with Crippen molar-refractivity contribution in [3.05, 3.63) is 29.3 Å². The van der Waals surface area contributed by atoms with E-state index in [1.807, 2.05) is 19.1 Å². The third kappa shape index (κ3) is 1.16. The third-order valence-electron chi connectivity index (χ3n) is 2.45. The van der Waals surface area contributed by atoms with Crippen LogP contribution >= 0.6 is 0 Å². The molecule has 1 heterocycles. The number of benzene rings is 1. The van der Waals surface area contributed by atoms with Crippen LogP contribution in [0.25, 0.3) is 0 Å². The van der Waals surface area contributed by atoms with Gasteiger partial charge in [0.2, 0.25) is 0 Å². The maximum atomic E-state index is 11.5. The molecule has 0 bridgehead atoms. The minimum atomic E-state index is -0.274. The van der Waals surface area contributed by atoms with Gasteiger partial charge in [-0.1, -0.05) is 19.1 Å². The number of fused-ring (bicyclic) bond motifs is 1. The van der Waals surface area contributed by atoms with E-state index in [9.17, 15) is 4.79 Å². The van der Waals surface area contributed by atoms with Gasteiger partial charge in [0.05, 0.1) is 7.11 Å². The lowest BCUT2D eigenvalue weighted by molar-refractivity contribution is 0.0377. The maximum Gasteiger partial charge on any atom is 0.342 e. The molecule has 1 aliphatic rings. The normalized spacial score (nSPS) is 19.0. The molecule has 0 amide bonds. The summed E-state index contributed by atoms with van der Waals surface area (Å²) in [5, 5.41) is 0. The Morgan fingerprint density at radius 2 is 2.29 bits per heavy atom. The highest BCUT2D eigenvalue weighted by molar-refractivity contribution is 5.97. The Hall–Kier alpha value is -1.51. The van der Waals surface area contributed by atoms with Crippen molar-refractivity contribution in [2.24, 2.45) is 0 Å². The number of hydrogen-bond donors (Lipinski definition) is 0. The van der Waals surface area contributed by atoms with E-state index in [4.69, 9.17) is 9.47 Å². The molecule has 0 fully saturated rings. The Morgan fingerprint density at radius 1 is 1.50 bits per heavy atom. The third-order valence-corrected chi connectivity index (χ3v) is 2.45. The summed E-state index contributed by atoms with van der Waals surface area (Å²) < 4.78 is 10.3. The number of hydrogen-bond acceptors (Lipinski definition) is 3. The van der Waals surface area contributed by atoms with Crippen LogP contribution in [0.5, 0.6) is 5.75 Å². The maximum absolute atomic E-state index is 11.5. The van der Waals surface area contributed by atoms with Crippen molar-refractivity contribution in [3.8, 4) is 5.75 Å². The van der Waals surface area contributed by atoms with Crippen LogP contribution in [-0.4, -0.2) is 13.1 Å². The first-order valence-corrected chi connectivity index (χ1v) is 4.65. The Kier molecular flexibility index (Phi) is 2.15. The van der Waals surface area contributed by atoms with Gasteiger partial charge in [0.1, 0.15) is 17.4 Å². The van der Waals surface area contributed by atoms with E-state index in [-0.39, 0.29) is 12.1 Å². The predicted molar refractivity (Wildman–Crippen MR) is 51.4 cm³/mol. The van der Waals surface area contributed by atoms with Gasteiger partial charge in [0.15, 0.2) is 0 Å². The van der Waals surface area contributed by atoms with E-state index in [1.165, 1.54) is 0 Å². The first kappa shape index (κ1) is 9.06. The Bertz CT molecular complexity index is 371. The molecule has 3 nitrogen and oxygen atoms in total.